The molecule has 0 aromatic heterocycles. The van der Waals surface area contributed by atoms with Crippen molar-refractivity contribution in [2.45, 2.75) is 19.1 Å². The Labute approximate surface area is 180 Å². The van der Waals surface area contributed by atoms with Crippen LogP contribution in [0.4, 0.5) is 11.4 Å². The number of fused-ring (bicyclic) bond motifs is 1. The molecule has 0 N–H and O–H groups in total. The minimum absolute atomic E-state index is 0.258. The van der Waals surface area contributed by atoms with E-state index in [0.717, 1.165) is 16.8 Å². The highest BCUT2D eigenvalue weighted by atomic mass is 16.7. The first-order valence-electron chi connectivity index (χ1n) is 10.2. The molecule has 156 valence electrons. The molecule has 0 saturated carbocycles. The molecule has 0 radical (unpaired) electrons. The highest BCUT2D eigenvalue weighted by Gasteiger charge is 2.60. The molecule has 0 aliphatic carbocycles. The van der Waals surface area contributed by atoms with Crippen molar-refractivity contribution in [2.75, 3.05) is 17.1 Å². The van der Waals surface area contributed by atoms with Gasteiger partial charge < -0.3 is 4.74 Å². The number of ether oxygens (including phenoxy) is 1. The monoisotopic (exact) mass is 414 g/mol. The summed E-state index contributed by atoms with van der Waals surface area (Å²) in [6.45, 7) is 1.93. The Bertz CT molecular complexity index is 1150. The van der Waals surface area contributed by atoms with Gasteiger partial charge >= 0.3 is 0 Å². The van der Waals surface area contributed by atoms with Crippen LogP contribution >= 0.6 is 0 Å². The number of methoxy groups -OCH3 is 1. The summed E-state index contributed by atoms with van der Waals surface area (Å²) in [6, 6.07) is 24.0. The third kappa shape index (κ3) is 3.16. The number of carbonyl (C=O) groups is 2. The van der Waals surface area contributed by atoms with E-state index >= 15 is 0 Å². The topological polar surface area (TPSA) is 59.1 Å². The average Bonchev–Trinajstić information content (AvgIpc) is 3.30. The maximum absolute atomic E-state index is 13.6. The number of hydrogen-bond acceptors (Lipinski definition) is 5. The van der Waals surface area contributed by atoms with Gasteiger partial charge in [0.2, 0.25) is 5.91 Å². The summed E-state index contributed by atoms with van der Waals surface area (Å²) in [5.74, 6) is -0.583. The molecule has 2 aliphatic heterocycles. The summed E-state index contributed by atoms with van der Waals surface area (Å²) in [6.07, 6.45) is -0.885. The van der Waals surface area contributed by atoms with Crippen molar-refractivity contribution in [3.8, 4) is 5.75 Å². The summed E-state index contributed by atoms with van der Waals surface area (Å²) < 4.78 is 5.40. The highest BCUT2D eigenvalue weighted by molar-refractivity contribution is 6.23. The largest absolute Gasteiger partial charge is 0.497 e. The lowest BCUT2D eigenvalue weighted by atomic mass is 9.90. The molecule has 6 nitrogen and oxygen atoms in total. The predicted octanol–water partition coefficient (Wildman–Crippen LogP) is 4.05. The van der Waals surface area contributed by atoms with Crippen molar-refractivity contribution >= 4 is 23.2 Å². The molecule has 31 heavy (non-hydrogen) atoms. The van der Waals surface area contributed by atoms with Gasteiger partial charge in [-0.2, -0.15) is 0 Å². The maximum atomic E-state index is 13.6. The Kier molecular flexibility index (Phi) is 4.71. The van der Waals surface area contributed by atoms with Gasteiger partial charge in [-0.1, -0.05) is 42.5 Å². The lowest BCUT2D eigenvalue weighted by molar-refractivity contribution is -0.126. The maximum Gasteiger partial charge on any atom is 0.266 e. The second-order valence-electron chi connectivity index (χ2n) is 7.79. The summed E-state index contributed by atoms with van der Waals surface area (Å²) in [4.78, 5) is 34.3. The Morgan fingerprint density at radius 2 is 1.58 bits per heavy atom. The lowest BCUT2D eigenvalue weighted by Gasteiger charge is -2.29. The van der Waals surface area contributed by atoms with Crippen molar-refractivity contribution in [1.82, 2.24) is 0 Å². The number of amides is 2. The van der Waals surface area contributed by atoms with Gasteiger partial charge in [-0.15, -0.1) is 0 Å². The number of anilines is 2. The van der Waals surface area contributed by atoms with Crippen LogP contribution in [0, 0.1) is 12.8 Å². The highest BCUT2D eigenvalue weighted by Crippen LogP contribution is 2.47. The molecule has 3 aromatic carbocycles. The van der Waals surface area contributed by atoms with E-state index in [1.807, 2.05) is 79.7 Å². The van der Waals surface area contributed by atoms with Gasteiger partial charge in [0.05, 0.1) is 24.5 Å². The Morgan fingerprint density at radius 1 is 0.839 bits per heavy atom. The number of para-hydroxylation sites is 1. The molecule has 2 aliphatic rings. The SMILES string of the molecule is COc1cccc([C@H]2[C@H]3C(=O)N(c4cccc(C)c4)C(=O)[C@H]3ON2c2ccccc2)c1. The molecule has 3 aromatic rings. The molecule has 0 spiro atoms. The van der Waals surface area contributed by atoms with Gasteiger partial charge in [-0.3, -0.25) is 14.4 Å². The van der Waals surface area contributed by atoms with E-state index < -0.39 is 18.1 Å². The van der Waals surface area contributed by atoms with Crippen molar-refractivity contribution in [3.05, 3.63) is 90.0 Å². The number of hydrogen-bond donors (Lipinski definition) is 0. The fourth-order valence-electron chi connectivity index (χ4n) is 4.40. The molecule has 5 rings (SSSR count). The first-order chi connectivity index (χ1) is 15.1. The lowest BCUT2D eigenvalue weighted by Crippen LogP contribution is -2.37. The number of carbonyl (C=O) groups excluding carboxylic acids is 2. The molecule has 0 bridgehead atoms. The van der Waals surface area contributed by atoms with E-state index in [2.05, 4.69) is 0 Å². The van der Waals surface area contributed by atoms with Crippen molar-refractivity contribution in [3.63, 3.8) is 0 Å². The zero-order chi connectivity index (χ0) is 21.5. The number of rotatable bonds is 4. The smallest absolute Gasteiger partial charge is 0.266 e. The zero-order valence-electron chi connectivity index (χ0n) is 17.3. The van der Waals surface area contributed by atoms with Crippen molar-refractivity contribution < 1.29 is 19.2 Å². The molecule has 3 atom stereocenters. The summed E-state index contributed by atoms with van der Waals surface area (Å²) in [7, 11) is 1.60. The zero-order valence-corrected chi connectivity index (χ0v) is 17.3. The second kappa shape index (κ2) is 7.56. The van der Waals surface area contributed by atoms with Crippen LogP contribution in [0.3, 0.4) is 0 Å². The van der Waals surface area contributed by atoms with Crippen molar-refractivity contribution in [1.29, 1.82) is 0 Å². The van der Waals surface area contributed by atoms with Crippen LogP contribution in [0.1, 0.15) is 17.2 Å². The summed E-state index contributed by atoms with van der Waals surface area (Å²) >= 11 is 0. The summed E-state index contributed by atoms with van der Waals surface area (Å²) in [5.41, 5.74) is 3.19. The Morgan fingerprint density at radius 3 is 2.32 bits per heavy atom. The minimum Gasteiger partial charge on any atom is -0.497 e. The number of imide groups is 1. The minimum atomic E-state index is -0.885. The van der Waals surface area contributed by atoms with Gasteiger partial charge in [0.25, 0.3) is 5.91 Å². The van der Waals surface area contributed by atoms with Crippen LogP contribution in [0.5, 0.6) is 5.75 Å². The molecule has 6 heteroatoms. The van der Waals surface area contributed by atoms with E-state index in [0.29, 0.717) is 11.4 Å². The second-order valence-corrected chi connectivity index (χ2v) is 7.79. The molecular weight excluding hydrogens is 392 g/mol. The molecule has 2 heterocycles. The van der Waals surface area contributed by atoms with Gasteiger partial charge in [0.1, 0.15) is 11.7 Å². The van der Waals surface area contributed by atoms with Crippen LogP contribution < -0.4 is 14.7 Å². The Balaban J connectivity index is 1.60. The van der Waals surface area contributed by atoms with E-state index in [9.17, 15) is 9.59 Å². The van der Waals surface area contributed by atoms with E-state index in [-0.39, 0.29) is 11.8 Å². The standard InChI is InChI=1S/C25H22N2O4/c1-16-8-6-12-19(14-16)26-24(28)21-22(17-9-7-13-20(15-17)30-2)27(31-23(21)25(26)29)18-10-4-3-5-11-18/h3-15,21-23H,1-2H3/t21-,22+,23+/m1/s1. The first kappa shape index (κ1) is 19.3. The fourth-order valence-corrected chi connectivity index (χ4v) is 4.40. The number of hydroxylamine groups is 1. The normalized spacial score (nSPS) is 22.7. The van der Waals surface area contributed by atoms with Gasteiger partial charge in [0, 0.05) is 0 Å². The van der Waals surface area contributed by atoms with Crippen LogP contribution in [-0.2, 0) is 14.4 Å². The van der Waals surface area contributed by atoms with Crippen LogP contribution in [0.15, 0.2) is 78.9 Å². The predicted molar refractivity (Wildman–Crippen MR) is 117 cm³/mol. The number of aryl methyl sites for hydroxylation is 1. The van der Waals surface area contributed by atoms with Crippen LogP contribution in [-0.4, -0.2) is 25.0 Å². The van der Waals surface area contributed by atoms with E-state index in [1.54, 1.807) is 18.2 Å². The third-order valence-corrected chi connectivity index (χ3v) is 5.82. The fraction of sp³-hybridized carbons (Fsp3) is 0.200. The number of nitrogens with zero attached hydrogens (tertiary/aromatic N) is 2. The molecule has 2 amide bonds. The molecule has 2 fully saturated rings. The molecular formula is C25H22N2O4. The average molecular weight is 414 g/mol. The number of benzene rings is 3. The van der Waals surface area contributed by atoms with Crippen LogP contribution in [0.25, 0.3) is 0 Å². The van der Waals surface area contributed by atoms with Gasteiger partial charge in [-0.05, 0) is 54.4 Å². The third-order valence-electron chi connectivity index (χ3n) is 5.82. The van der Waals surface area contributed by atoms with Crippen molar-refractivity contribution in [2.24, 2.45) is 5.92 Å². The van der Waals surface area contributed by atoms with Crippen LogP contribution in [0.2, 0.25) is 0 Å². The first-order valence-corrected chi connectivity index (χ1v) is 10.2. The van der Waals surface area contributed by atoms with E-state index in [1.165, 1.54) is 4.90 Å². The molecule has 2 saturated heterocycles. The summed E-state index contributed by atoms with van der Waals surface area (Å²) in [5, 5.41) is 1.69. The van der Waals surface area contributed by atoms with E-state index in [4.69, 9.17) is 9.57 Å². The van der Waals surface area contributed by atoms with Gasteiger partial charge in [0.15, 0.2) is 6.10 Å². The molecule has 0 unspecified atom stereocenters. The van der Waals surface area contributed by atoms with Gasteiger partial charge in [-0.25, -0.2) is 9.96 Å². The quantitative estimate of drug-likeness (QED) is 0.603. The Hall–Kier alpha value is -3.64.